The number of carbonyl (C=O) groups is 1. The predicted octanol–water partition coefficient (Wildman–Crippen LogP) is 1.55. The molecule has 70 valence electrons. The van der Waals surface area contributed by atoms with Gasteiger partial charge >= 0.3 is 5.97 Å². The van der Waals surface area contributed by atoms with E-state index < -0.39 is 11.9 Å². The Kier molecular flexibility index (Phi) is 2.95. The van der Waals surface area contributed by atoms with Crippen molar-refractivity contribution in [3.8, 4) is 0 Å². The molecule has 1 heterocycles. The van der Waals surface area contributed by atoms with Crippen molar-refractivity contribution in [2.45, 2.75) is 19.8 Å². The third-order valence-electron chi connectivity index (χ3n) is 1.79. The molecule has 0 atom stereocenters. The van der Waals surface area contributed by atoms with Gasteiger partial charge in [0.25, 0.3) is 0 Å². The molecule has 0 aliphatic carbocycles. The molecule has 0 aliphatic rings. The van der Waals surface area contributed by atoms with Crippen LogP contribution >= 0.6 is 0 Å². The normalized spacial score (nSPS) is 10.0. The zero-order valence-corrected chi connectivity index (χ0v) is 7.25. The fourth-order valence-electron chi connectivity index (χ4n) is 1.05. The summed E-state index contributed by atoms with van der Waals surface area (Å²) in [7, 11) is 0. The highest BCUT2D eigenvalue weighted by Crippen LogP contribution is 2.09. The lowest BCUT2D eigenvalue weighted by atomic mass is 10.1. The average molecular weight is 183 g/mol. The van der Waals surface area contributed by atoms with Crippen LogP contribution in [-0.2, 0) is 11.2 Å². The smallest absolute Gasteiger partial charge is 0.303 e. The lowest BCUT2D eigenvalue weighted by Crippen LogP contribution is -2.00. The molecule has 0 amide bonds. The van der Waals surface area contributed by atoms with Gasteiger partial charge in [-0.3, -0.25) is 4.79 Å². The van der Waals surface area contributed by atoms with E-state index in [0.29, 0.717) is 6.42 Å². The quantitative estimate of drug-likeness (QED) is 0.723. The summed E-state index contributed by atoms with van der Waals surface area (Å²) in [4.78, 5) is 13.7. The minimum Gasteiger partial charge on any atom is -0.481 e. The van der Waals surface area contributed by atoms with Gasteiger partial charge in [-0.05, 0) is 30.5 Å². The Morgan fingerprint density at radius 1 is 1.69 bits per heavy atom. The van der Waals surface area contributed by atoms with Crippen molar-refractivity contribution in [2.24, 2.45) is 0 Å². The number of pyridine rings is 1. The predicted molar refractivity (Wildman–Crippen MR) is 44.9 cm³/mol. The van der Waals surface area contributed by atoms with Crippen LogP contribution in [0.3, 0.4) is 0 Å². The number of hydrogen-bond acceptors (Lipinski definition) is 2. The Balaban J connectivity index is 2.72. The standard InChI is InChI=1S/C9H10FNO2/c1-6-4-8(10)11-5-7(6)2-3-9(12)13/h4-5H,2-3H2,1H3,(H,12,13). The monoisotopic (exact) mass is 183 g/mol. The van der Waals surface area contributed by atoms with Gasteiger partial charge in [0, 0.05) is 12.6 Å². The van der Waals surface area contributed by atoms with Crippen molar-refractivity contribution in [3.63, 3.8) is 0 Å². The molecule has 0 unspecified atom stereocenters. The van der Waals surface area contributed by atoms with Crippen molar-refractivity contribution >= 4 is 5.97 Å². The summed E-state index contributed by atoms with van der Waals surface area (Å²) in [6.45, 7) is 1.74. The minimum atomic E-state index is -0.858. The molecular weight excluding hydrogens is 173 g/mol. The second-order valence-corrected chi connectivity index (χ2v) is 2.83. The zero-order chi connectivity index (χ0) is 9.84. The molecule has 0 saturated carbocycles. The first-order valence-corrected chi connectivity index (χ1v) is 3.92. The van der Waals surface area contributed by atoms with E-state index in [0.717, 1.165) is 11.1 Å². The van der Waals surface area contributed by atoms with Gasteiger partial charge in [0.15, 0.2) is 0 Å². The second-order valence-electron chi connectivity index (χ2n) is 2.83. The van der Waals surface area contributed by atoms with Gasteiger partial charge in [0.2, 0.25) is 5.95 Å². The number of nitrogens with zero attached hydrogens (tertiary/aromatic N) is 1. The Bertz CT molecular complexity index is 325. The summed E-state index contributed by atoms with van der Waals surface area (Å²) in [6, 6.07) is 1.30. The molecule has 1 aromatic rings. The maximum absolute atomic E-state index is 12.5. The SMILES string of the molecule is Cc1cc(F)ncc1CCC(=O)O. The van der Waals surface area contributed by atoms with Crippen LogP contribution in [0.5, 0.6) is 0 Å². The van der Waals surface area contributed by atoms with E-state index >= 15 is 0 Å². The van der Waals surface area contributed by atoms with Gasteiger partial charge in [-0.15, -0.1) is 0 Å². The lowest BCUT2D eigenvalue weighted by molar-refractivity contribution is -0.136. The summed E-state index contributed by atoms with van der Waals surface area (Å²) < 4.78 is 12.5. The number of rotatable bonds is 3. The van der Waals surface area contributed by atoms with E-state index in [1.54, 1.807) is 6.92 Å². The molecule has 0 bridgehead atoms. The van der Waals surface area contributed by atoms with Crippen molar-refractivity contribution < 1.29 is 14.3 Å². The molecule has 13 heavy (non-hydrogen) atoms. The van der Waals surface area contributed by atoms with Crippen LogP contribution in [0, 0.1) is 12.9 Å². The van der Waals surface area contributed by atoms with E-state index in [1.165, 1.54) is 12.3 Å². The van der Waals surface area contributed by atoms with Crippen molar-refractivity contribution in [1.29, 1.82) is 0 Å². The summed E-state index contributed by atoms with van der Waals surface area (Å²) in [5, 5.41) is 8.43. The molecule has 1 aromatic heterocycles. The Morgan fingerprint density at radius 2 is 2.38 bits per heavy atom. The van der Waals surface area contributed by atoms with E-state index in [1.807, 2.05) is 0 Å². The van der Waals surface area contributed by atoms with Crippen LogP contribution in [0.4, 0.5) is 4.39 Å². The molecule has 0 radical (unpaired) electrons. The Morgan fingerprint density at radius 3 is 2.92 bits per heavy atom. The molecule has 1 rings (SSSR count). The summed E-state index contributed by atoms with van der Waals surface area (Å²) in [5.74, 6) is -1.39. The number of hydrogen-bond donors (Lipinski definition) is 1. The first-order valence-electron chi connectivity index (χ1n) is 3.92. The van der Waals surface area contributed by atoms with Gasteiger partial charge in [0.1, 0.15) is 0 Å². The maximum atomic E-state index is 12.5. The fraction of sp³-hybridized carbons (Fsp3) is 0.333. The first-order chi connectivity index (χ1) is 6.09. The van der Waals surface area contributed by atoms with Crippen LogP contribution in [-0.4, -0.2) is 16.1 Å². The van der Waals surface area contributed by atoms with Crippen LogP contribution in [0.2, 0.25) is 0 Å². The minimum absolute atomic E-state index is 0.0498. The van der Waals surface area contributed by atoms with Crippen LogP contribution in [0.15, 0.2) is 12.3 Å². The lowest BCUT2D eigenvalue weighted by Gasteiger charge is -2.02. The largest absolute Gasteiger partial charge is 0.481 e. The highest BCUT2D eigenvalue weighted by Gasteiger charge is 2.03. The molecule has 0 aromatic carbocycles. The fourth-order valence-corrected chi connectivity index (χ4v) is 1.05. The van der Waals surface area contributed by atoms with E-state index in [4.69, 9.17) is 5.11 Å². The molecule has 0 spiro atoms. The van der Waals surface area contributed by atoms with E-state index in [-0.39, 0.29) is 6.42 Å². The molecular formula is C9H10FNO2. The number of aryl methyl sites for hydroxylation is 2. The Hall–Kier alpha value is -1.45. The van der Waals surface area contributed by atoms with Crippen LogP contribution in [0.25, 0.3) is 0 Å². The summed E-state index contributed by atoms with van der Waals surface area (Å²) >= 11 is 0. The van der Waals surface area contributed by atoms with Gasteiger partial charge in [-0.2, -0.15) is 4.39 Å². The van der Waals surface area contributed by atoms with Crippen molar-refractivity contribution in [2.75, 3.05) is 0 Å². The number of carboxylic acid groups (broad SMARTS) is 1. The topological polar surface area (TPSA) is 50.2 Å². The average Bonchev–Trinajstić information content (AvgIpc) is 2.02. The third kappa shape index (κ3) is 2.82. The van der Waals surface area contributed by atoms with Crippen molar-refractivity contribution in [1.82, 2.24) is 4.98 Å². The van der Waals surface area contributed by atoms with Crippen molar-refractivity contribution in [3.05, 3.63) is 29.3 Å². The molecule has 3 nitrogen and oxygen atoms in total. The summed E-state index contributed by atoms with van der Waals surface area (Å²) in [5.41, 5.74) is 1.53. The molecule has 0 saturated heterocycles. The van der Waals surface area contributed by atoms with Gasteiger partial charge in [-0.1, -0.05) is 0 Å². The molecule has 1 N–H and O–H groups in total. The van der Waals surface area contributed by atoms with Crippen LogP contribution in [0.1, 0.15) is 17.5 Å². The number of carboxylic acids is 1. The Labute approximate surface area is 75.2 Å². The van der Waals surface area contributed by atoms with E-state index in [2.05, 4.69) is 4.98 Å². The number of halogens is 1. The molecule has 0 fully saturated rings. The maximum Gasteiger partial charge on any atom is 0.303 e. The molecule has 0 aliphatic heterocycles. The first kappa shape index (κ1) is 9.64. The van der Waals surface area contributed by atoms with Gasteiger partial charge in [0.05, 0.1) is 0 Å². The van der Waals surface area contributed by atoms with Crippen LogP contribution < -0.4 is 0 Å². The zero-order valence-electron chi connectivity index (χ0n) is 7.25. The molecule has 4 heteroatoms. The third-order valence-corrected chi connectivity index (χ3v) is 1.79. The van der Waals surface area contributed by atoms with E-state index in [9.17, 15) is 9.18 Å². The highest BCUT2D eigenvalue weighted by atomic mass is 19.1. The second kappa shape index (κ2) is 3.98. The highest BCUT2D eigenvalue weighted by molar-refractivity contribution is 5.67. The number of aromatic nitrogens is 1. The number of aliphatic carboxylic acids is 1. The van der Waals surface area contributed by atoms with Gasteiger partial charge in [-0.25, -0.2) is 4.98 Å². The summed E-state index contributed by atoms with van der Waals surface area (Å²) in [6.07, 6.45) is 1.83. The van der Waals surface area contributed by atoms with Gasteiger partial charge < -0.3 is 5.11 Å².